The molecule has 0 spiro atoms. The van der Waals surface area contributed by atoms with Crippen LogP contribution in [0.25, 0.3) is 0 Å². The number of nitrogens with zero attached hydrogens (tertiary/aromatic N) is 1. The van der Waals surface area contributed by atoms with Gasteiger partial charge in [-0.15, -0.1) is 11.3 Å². The third kappa shape index (κ3) is 4.89. The first-order valence-corrected chi connectivity index (χ1v) is 12.4. The third-order valence-electron chi connectivity index (χ3n) is 5.18. The lowest BCUT2D eigenvalue weighted by Gasteiger charge is -2.15. The number of thiophene rings is 1. The van der Waals surface area contributed by atoms with Gasteiger partial charge in [0.2, 0.25) is 0 Å². The number of para-hydroxylation sites is 2. The van der Waals surface area contributed by atoms with Gasteiger partial charge in [0.1, 0.15) is 10.6 Å². The number of imide groups is 1. The first kappa shape index (κ1) is 22.6. The first-order chi connectivity index (χ1) is 17.1. The van der Waals surface area contributed by atoms with E-state index in [2.05, 4.69) is 10.6 Å². The summed E-state index contributed by atoms with van der Waals surface area (Å²) in [5, 5.41) is 7.84. The van der Waals surface area contributed by atoms with Crippen LogP contribution in [0.15, 0.2) is 118 Å². The number of rotatable bonds is 7. The Balaban J connectivity index is 1.41. The average molecular weight is 498 g/mol. The molecule has 0 unspecified atom stereocenters. The predicted molar refractivity (Wildman–Crippen MR) is 141 cm³/mol. The monoisotopic (exact) mass is 497 g/mol. The molecule has 35 heavy (non-hydrogen) atoms. The number of carbonyl (C=O) groups is 3. The minimum atomic E-state index is -0.410. The van der Waals surface area contributed by atoms with Crippen molar-refractivity contribution in [2.75, 3.05) is 15.5 Å². The standard InChI is InChI=1S/C27H19N3O3S2/c31-25(22-12-7-17-34-22)29-19-13-15-21(16-14-19)35-24-23(28-18-8-3-1-4-9-18)26(32)30(27(24)33)20-10-5-2-6-11-20/h1-17,28H,(H,29,31). The Morgan fingerprint density at radius 2 is 1.43 bits per heavy atom. The second-order valence-corrected chi connectivity index (χ2v) is 9.57. The maximum absolute atomic E-state index is 13.4. The van der Waals surface area contributed by atoms with Crippen LogP contribution in [-0.2, 0) is 9.59 Å². The van der Waals surface area contributed by atoms with E-state index in [1.807, 2.05) is 60.0 Å². The highest BCUT2D eigenvalue weighted by atomic mass is 32.2. The molecule has 5 rings (SSSR count). The number of anilines is 3. The zero-order valence-electron chi connectivity index (χ0n) is 18.3. The Labute approximate surface area is 210 Å². The molecule has 2 N–H and O–H groups in total. The lowest BCUT2D eigenvalue weighted by atomic mass is 10.3. The van der Waals surface area contributed by atoms with Gasteiger partial charge in [-0.1, -0.05) is 54.2 Å². The molecule has 0 radical (unpaired) electrons. The summed E-state index contributed by atoms with van der Waals surface area (Å²) in [6, 6.07) is 28.9. The summed E-state index contributed by atoms with van der Waals surface area (Å²) in [5.74, 6) is -0.973. The van der Waals surface area contributed by atoms with Gasteiger partial charge in [0, 0.05) is 16.3 Å². The van der Waals surface area contributed by atoms with Crippen LogP contribution in [-0.4, -0.2) is 17.7 Å². The van der Waals surface area contributed by atoms with Crippen molar-refractivity contribution in [2.45, 2.75) is 4.90 Å². The van der Waals surface area contributed by atoms with E-state index in [1.54, 1.807) is 42.5 Å². The van der Waals surface area contributed by atoms with Crippen LogP contribution in [0.4, 0.5) is 17.1 Å². The molecular weight excluding hydrogens is 478 g/mol. The van der Waals surface area contributed by atoms with E-state index >= 15 is 0 Å². The van der Waals surface area contributed by atoms with Crippen molar-refractivity contribution >= 4 is 57.9 Å². The lowest BCUT2D eigenvalue weighted by molar-refractivity contribution is -0.120. The summed E-state index contributed by atoms with van der Waals surface area (Å²) in [6.07, 6.45) is 0. The third-order valence-corrected chi connectivity index (χ3v) is 7.14. The molecule has 0 fully saturated rings. The summed E-state index contributed by atoms with van der Waals surface area (Å²) < 4.78 is 0. The largest absolute Gasteiger partial charge is 0.350 e. The van der Waals surface area contributed by atoms with Gasteiger partial charge < -0.3 is 10.6 Å². The fourth-order valence-corrected chi connectivity index (χ4v) is 5.06. The van der Waals surface area contributed by atoms with Crippen molar-refractivity contribution in [1.29, 1.82) is 0 Å². The van der Waals surface area contributed by atoms with E-state index in [0.29, 0.717) is 26.8 Å². The van der Waals surface area contributed by atoms with E-state index in [1.165, 1.54) is 28.0 Å². The van der Waals surface area contributed by atoms with Crippen LogP contribution >= 0.6 is 23.1 Å². The number of thioether (sulfide) groups is 1. The zero-order chi connectivity index (χ0) is 24.2. The van der Waals surface area contributed by atoms with Crippen molar-refractivity contribution in [3.8, 4) is 0 Å². The minimum absolute atomic E-state index is 0.174. The number of amides is 3. The molecule has 3 amide bonds. The predicted octanol–water partition coefficient (Wildman–Crippen LogP) is 5.99. The molecule has 3 aromatic carbocycles. The van der Waals surface area contributed by atoms with Crippen LogP contribution in [0, 0.1) is 0 Å². The summed E-state index contributed by atoms with van der Waals surface area (Å²) in [6.45, 7) is 0. The fourth-order valence-electron chi connectivity index (χ4n) is 3.52. The summed E-state index contributed by atoms with van der Waals surface area (Å²) in [5.41, 5.74) is 2.09. The molecule has 8 heteroatoms. The number of nitrogens with one attached hydrogen (secondary N) is 2. The van der Waals surface area contributed by atoms with Crippen LogP contribution in [0.2, 0.25) is 0 Å². The molecule has 0 saturated heterocycles. The molecule has 0 saturated carbocycles. The number of benzene rings is 3. The highest BCUT2D eigenvalue weighted by Crippen LogP contribution is 2.38. The molecule has 1 aromatic heterocycles. The van der Waals surface area contributed by atoms with E-state index < -0.39 is 5.91 Å². The van der Waals surface area contributed by atoms with Crippen LogP contribution in [0.3, 0.4) is 0 Å². The summed E-state index contributed by atoms with van der Waals surface area (Å²) in [7, 11) is 0. The van der Waals surface area contributed by atoms with E-state index in [0.717, 1.165) is 4.90 Å². The summed E-state index contributed by atoms with van der Waals surface area (Å²) >= 11 is 2.58. The molecule has 172 valence electrons. The molecule has 0 aliphatic carbocycles. The van der Waals surface area contributed by atoms with E-state index in [4.69, 9.17) is 0 Å². The Bertz CT molecular complexity index is 1400. The van der Waals surface area contributed by atoms with Crippen LogP contribution in [0.1, 0.15) is 9.67 Å². The molecule has 0 bridgehead atoms. The molecule has 4 aromatic rings. The maximum atomic E-state index is 13.4. The van der Waals surface area contributed by atoms with Crippen molar-refractivity contribution in [3.63, 3.8) is 0 Å². The maximum Gasteiger partial charge on any atom is 0.283 e. The second kappa shape index (κ2) is 10.0. The Morgan fingerprint density at radius 3 is 2.09 bits per heavy atom. The van der Waals surface area contributed by atoms with Gasteiger partial charge in [0.25, 0.3) is 17.7 Å². The van der Waals surface area contributed by atoms with Gasteiger partial charge in [-0.25, -0.2) is 4.90 Å². The second-order valence-electron chi connectivity index (χ2n) is 7.53. The average Bonchev–Trinajstić information content (AvgIpc) is 3.50. The molecule has 2 heterocycles. The highest BCUT2D eigenvalue weighted by Gasteiger charge is 2.40. The van der Waals surface area contributed by atoms with Crippen molar-refractivity contribution in [3.05, 3.63) is 118 Å². The molecular formula is C27H19N3O3S2. The van der Waals surface area contributed by atoms with Gasteiger partial charge in [0.05, 0.1) is 10.6 Å². The highest BCUT2D eigenvalue weighted by molar-refractivity contribution is 8.04. The van der Waals surface area contributed by atoms with Crippen LogP contribution in [0.5, 0.6) is 0 Å². The quantitative estimate of drug-likeness (QED) is 0.307. The SMILES string of the molecule is O=C(Nc1ccc(SC2=C(Nc3ccccc3)C(=O)N(c3ccccc3)C2=O)cc1)c1cccs1. The Hall–Kier alpha value is -4.14. The van der Waals surface area contributed by atoms with E-state index in [-0.39, 0.29) is 17.5 Å². The smallest absolute Gasteiger partial charge is 0.283 e. The molecule has 6 nitrogen and oxygen atoms in total. The number of hydrogen-bond acceptors (Lipinski definition) is 6. The van der Waals surface area contributed by atoms with Gasteiger partial charge in [-0.2, -0.15) is 0 Å². The number of hydrogen-bond donors (Lipinski definition) is 2. The van der Waals surface area contributed by atoms with Gasteiger partial charge >= 0.3 is 0 Å². The topological polar surface area (TPSA) is 78.5 Å². The molecule has 0 atom stereocenters. The zero-order valence-corrected chi connectivity index (χ0v) is 19.9. The number of carbonyl (C=O) groups excluding carboxylic acids is 3. The first-order valence-electron chi connectivity index (χ1n) is 10.7. The summed E-state index contributed by atoms with van der Waals surface area (Å²) in [4.78, 5) is 41.9. The fraction of sp³-hybridized carbons (Fsp3) is 0. The van der Waals surface area contributed by atoms with Crippen molar-refractivity contribution < 1.29 is 14.4 Å². The van der Waals surface area contributed by atoms with Crippen LogP contribution < -0.4 is 15.5 Å². The van der Waals surface area contributed by atoms with E-state index in [9.17, 15) is 14.4 Å². The minimum Gasteiger partial charge on any atom is -0.350 e. The van der Waals surface area contributed by atoms with Gasteiger partial charge in [-0.3, -0.25) is 14.4 Å². The molecule has 1 aliphatic heterocycles. The molecule has 1 aliphatic rings. The van der Waals surface area contributed by atoms with Gasteiger partial charge in [-0.05, 0) is 60.0 Å². The van der Waals surface area contributed by atoms with Crippen molar-refractivity contribution in [1.82, 2.24) is 0 Å². The Morgan fingerprint density at radius 1 is 0.743 bits per heavy atom. The normalized spacial score (nSPS) is 13.3. The van der Waals surface area contributed by atoms with Gasteiger partial charge in [0.15, 0.2) is 0 Å². The lowest BCUT2D eigenvalue weighted by Crippen LogP contribution is -2.32. The Kier molecular flexibility index (Phi) is 6.47. The van der Waals surface area contributed by atoms with Crippen molar-refractivity contribution in [2.24, 2.45) is 0 Å².